The van der Waals surface area contributed by atoms with Crippen LogP contribution in [-0.2, 0) is 6.18 Å². The summed E-state index contributed by atoms with van der Waals surface area (Å²) in [5.41, 5.74) is -1.31. The molecule has 0 fully saturated rings. The molecule has 8 heteroatoms. The molecule has 20 heavy (non-hydrogen) atoms. The Morgan fingerprint density at radius 3 is 2.50 bits per heavy atom. The maximum Gasteiger partial charge on any atom is 0.416 e. The van der Waals surface area contributed by atoms with Crippen molar-refractivity contribution < 1.29 is 13.2 Å². The summed E-state index contributed by atoms with van der Waals surface area (Å²) in [6, 6.07) is 4.42. The molecule has 1 aromatic rings. The number of nitriles is 2. The average molecular weight is 299 g/mol. The van der Waals surface area contributed by atoms with Crippen molar-refractivity contribution in [3.63, 3.8) is 0 Å². The molecule has 0 aliphatic rings. The molecule has 0 bridgehead atoms. The molecule has 0 heterocycles. The maximum atomic E-state index is 12.4. The van der Waals surface area contributed by atoms with Crippen LogP contribution in [0.3, 0.4) is 0 Å². The first-order valence-corrected chi connectivity index (χ1v) is 5.45. The highest BCUT2D eigenvalue weighted by molar-refractivity contribution is 6.33. The van der Waals surface area contributed by atoms with E-state index < -0.39 is 23.5 Å². The van der Waals surface area contributed by atoms with Crippen LogP contribution in [0.15, 0.2) is 23.2 Å². The van der Waals surface area contributed by atoms with Gasteiger partial charge < -0.3 is 0 Å². The van der Waals surface area contributed by atoms with Crippen LogP contribution >= 0.6 is 11.6 Å². The molecule has 0 amide bonds. The molecule has 0 spiro atoms. The molecule has 0 aliphatic heterocycles. The standard InChI is InChI=1S/C12H6ClF3N4/c13-9-3-8(12(14,15)16)2-1-7(9)6-20-11(5-18)10(19)4-17/h1-3,6,11,19H. The van der Waals surface area contributed by atoms with Crippen LogP contribution in [0.1, 0.15) is 11.1 Å². The van der Waals surface area contributed by atoms with E-state index in [4.69, 9.17) is 27.5 Å². The number of benzene rings is 1. The molecule has 4 nitrogen and oxygen atoms in total. The van der Waals surface area contributed by atoms with Gasteiger partial charge in [-0.3, -0.25) is 10.4 Å². The van der Waals surface area contributed by atoms with Gasteiger partial charge in [-0.2, -0.15) is 23.7 Å². The van der Waals surface area contributed by atoms with Crippen molar-refractivity contribution in [1.82, 2.24) is 0 Å². The molecule has 1 rings (SSSR count). The Bertz CT molecular complexity index is 638. The highest BCUT2D eigenvalue weighted by Crippen LogP contribution is 2.31. The summed E-state index contributed by atoms with van der Waals surface area (Å²) < 4.78 is 37.3. The van der Waals surface area contributed by atoms with Gasteiger partial charge in [-0.15, -0.1) is 0 Å². The topological polar surface area (TPSA) is 83.8 Å². The third-order valence-electron chi connectivity index (χ3n) is 2.21. The van der Waals surface area contributed by atoms with E-state index in [-0.39, 0.29) is 10.6 Å². The van der Waals surface area contributed by atoms with Crippen molar-refractivity contribution >= 4 is 23.5 Å². The number of alkyl halides is 3. The van der Waals surface area contributed by atoms with E-state index in [1.807, 2.05) is 0 Å². The summed E-state index contributed by atoms with van der Waals surface area (Å²) in [6.07, 6.45) is -3.44. The summed E-state index contributed by atoms with van der Waals surface area (Å²) in [7, 11) is 0. The molecule has 1 N–H and O–H groups in total. The van der Waals surface area contributed by atoms with Crippen LogP contribution in [0.25, 0.3) is 0 Å². The molecular weight excluding hydrogens is 293 g/mol. The Labute approximate surface area is 117 Å². The number of nitrogens with zero attached hydrogens (tertiary/aromatic N) is 3. The number of hydrogen-bond donors (Lipinski definition) is 1. The van der Waals surface area contributed by atoms with Crippen LogP contribution in [0.2, 0.25) is 5.02 Å². The molecular formula is C12H6ClF3N4. The minimum Gasteiger partial charge on any atom is -0.291 e. The van der Waals surface area contributed by atoms with Gasteiger partial charge in [0, 0.05) is 16.8 Å². The lowest BCUT2D eigenvalue weighted by Crippen LogP contribution is -2.13. The van der Waals surface area contributed by atoms with Crippen LogP contribution in [0.5, 0.6) is 0 Å². The monoisotopic (exact) mass is 298 g/mol. The van der Waals surface area contributed by atoms with Gasteiger partial charge in [0.25, 0.3) is 0 Å². The van der Waals surface area contributed by atoms with E-state index in [2.05, 4.69) is 4.99 Å². The molecule has 1 aromatic carbocycles. The summed E-state index contributed by atoms with van der Waals surface area (Å²) in [4.78, 5) is 3.64. The minimum atomic E-state index is -4.50. The van der Waals surface area contributed by atoms with Crippen LogP contribution in [-0.4, -0.2) is 18.0 Å². The predicted molar refractivity (Wildman–Crippen MR) is 66.8 cm³/mol. The zero-order valence-corrected chi connectivity index (χ0v) is 10.5. The van der Waals surface area contributed by atoms with E-state index in [0.717, 1.165) is 24.4 Å². The number of nitrogens with one attached hydrogen (secondary N) is 1. The van der Waals surface area contributed by atoms with Crippen molar-refractivity contribution in [3.05, 3.63) is 34.3 Å². The first-order chi connectivity index (χ1) is 9.29. The normalized spacial score (nSPS) is 12.7. The van der Waals surface area contributed by atoms with Crippen molar-refractivity contribution in [3.8, 4) is 12.1 Å². The molecule has 102 valence electrons. The van der Waals surface area contributed by atoms with Crippen LogP contribution in [0, 0.1) is 28.1 Å². The van der Waals surface area contributed by atoms with Gasteiger partial charge in [-0.05, 0) is 12.1 Å². The molecule has 0 saturated heterocycles. The molecule has 0 aromatic heterocycles. The van der Waals surface area contributed by atoms with Gasteiger partial charge >= 0.3 is 6.18 Å². The van der Waals surface area contributed by atoms with Crippen molar-refractivity contribution in [2.75, 3.05) is 0 Å². The summed E-state index contributed by atoms with van der Waals surface area (Å²) in [6.45, 7) is 0. The van der Waals surface area contributed by atoms with E-state index in [9.17, 15) is 13.2 Å². The fourth-order valence-electron chi connectivity index (χ4n) is 1.20. The maximum absolute atomic E-state index is 12.4. The van der Waals surface area contributed by atoms with Gasteiger partial charge in [-0.1, -0.05) is 17.7 Å². The summed E-state index contributed by atoms with van der Waals surface area (Å²) >= 11 is 5.68. The van der Waals surface area contributed by atoms with Crippen molar-refractivity contribution in [2.45, 2.75) is 12.2 Å². The van der Waals surface area contributed by atoms with Crippen LogP contribution < -0.4 is 0 Å². The Kier molecular flexibility index (Phi) is 4.84. The summed E-state index contributed by atoms with van der Waals surface area (Å²) in [5.74, 6) is 0. The number of aliphatic imine (C=N–C) groups is 1. The van der Waals surface area contributed by atoms with Gasteiger partial charge in [0.15, 0.2) is 6.04 Å². The first kappa shape index (κ1) is 15.7. The second-order valence-corrected chi connectivity index (χ2v) is 3.98. The quantitative estimate of drug-likeness (QED) is 0.869. The zero-order valence-electron chi connectivity index (χ0n) is 9.74. The minimum absolute atomic E-state index is 0.158. The Morgan fingerprint density at radius 1 is 1.40 bits per heavy atom. The lowest BCUT2D eigenvalue weighted by Gasteiger charge is -2.07. The zero-order chi connectivity index (χ0) is 15.3. The van der Waals surface area contributed by atoms with Gasteiger partial charge in [0.1, 0.15) is 11.8 Å². The Balaban J connectivity index is 3.04. The number of hydrogen-bond acceptors (Lipinski definition) is 4. The molecule has 0 aliphatic carbocycles. The van der Waals surface area contributed by atoms with Crippen LogP contribution in [0.4, 0.5) is 13.2 Å². The SMILES string of the molecule is N#CC(=N)C(C#N)N=Cc1ccc(C(F)(F)F)cc1Cl. The Hall–Kier alpha value is -2.38. The second kappa shape index (κ2) is 6.18. The van der Waals surface area contributed by atoms with E-state index >= 15 is 0 Å². The van der Waals surface area contributed by atoms with Gasteiger partial charge in [-0.25, -0.2) is 0 Å². The lowest BCUT2D eigenvalue weighted by molar-refractivity contribution is -0.137. The molecule has 1 atom stereocenters. The van der Waals surface area contributed by atoms with Gasteiger partial charge in [0.05, 0.1) is 11.6 Å². The number of halogens is 4. The van der Waals surface area contributed by atoms with Crippen molar-refractivity contribution in [1.29, 1.82) is 15.9 Å². The highest BCUT2D eigenvalue weighted by atomic mass is 35.5. The molecule has 0 saturated carbocycles. The highest BCUT2D eigenvalue weighted by Gasteiger charge is 2.30. The fraction of sp³-hybridized carbons (Fsp3) is 0.167. The van der Waals surface area contributed by atoms with E-state index in [0.29, 0.717) is 0 Å². The third-order valence-corrected chi connectivity index (χ3v) is 2.53. The first-order valence-electron chi connectivity index (χ1n) is 5.07. The number of rotatable bonds is 3. The molecule has 0 radical (unpaired) electrons. The van der Waals surface area contributed by atoms with Gasteiger partial charge in [0.2, 0.25) is 0 Å². The fourth-order valence-corrected chi connectivity index (χ4v) is 1.43. The van der Waals surface area contributed by atoms with E-state index in [1.54, 1.807) is 6.07 Å². The van der Waals surface area contributed by atoms with Crippen molar-refractivity contribution in [2.24, 2.45) is 4.99 Å². The van der Waals surface area contributed by atoms with E-state index in [1.165, 1.54) is 6.07 Å². The average Bonchev–Trinajstić information content (AvgIpc) is 2.39. The lowest BCUT2D eigenvalue weighted by atomic mass is 10.1. The molecule has 1 unspecified atom stereocenters. The largest absolute Gasteiger partial charge is 0.416 e. The predicted octanol–water partition coefficient (Wildman–Crippen LogP) is 3.21. The smallest absolute Gasteiger partial charge is 0.291 e. The summed E-state index contributed by atoms with van der Waals surface area (Å²) in [5, 5.41) is 24.1. The Morgan fingerprint density at radius 2 is 2.05 bits per heavy atom. The third kappa shape index (κ3) is 3.81. The second-order valence-electron chi connectivity index (χ2n) is 3.57.